The molecule has 0 spiro atoms. The van der Waals surface area contributed by atoms with Gasteiger partial charge in [-0.05, 0) is 47.2 Å². The SMILES string of the molecule is C=C1C[C@@](C)(c2cc(CC(=O)c3ccc(C=C(Cl)Cl)cn3)ccn2)N=C(N)S1. The maximum absolute atomic E-state index is 12.6. The van der Waals surface area contributed by atoms with Crippen LogP contribution in [0.4, 0.5) is 0 Å². The van der Waals surface area contributed by atoms with Crippen molar-refractivity contribution in [2.45, 2.75) is 25.3 Å². The van der Waals surface area contributed by atoms with E-state index in [9.17, 15) is 4.79 Å². The number of carbonyl (C=O) groups excluding carboxylic acids is 1. The summed E-state index contributed by atoms with van der Waals surface area (Å²) < 4.78 is 0.130. The van der Waals surface area contributed by atoms with E-state index in [0.717, 1.165) is 21.7 Å². The zero-order valence-electron chi connectivity index (χ0n) is 15.2. The van der Waals surface area contributed by atoms with Gasteiger partial charge in [-0.2, -0.15) is 0 Å². The number of aromatic nitrogens is 2. The normalized spacial score (nSPS) is 19.1. The Morgan fingerprint density at radius 3 is 2.79 bits per heavy atom. The average molecular weight is 433 g/mol. The summed E-state index contributed by atoms with van der Waals surface area (Å²) in [5.74, 6) is -0.0959. The first kappa shape index (κ1) is 20.6. The van der Waals surface area contributed by atoms with E-state index in [4.69, 9.17) is 28.9 Å². The van der Waals surface area contributed by atoms with Gasteiger partial charge in [0.2, 0.25) is 0 Å². The van der Waals surface area contributed by atoms with Crippen LogP contribution in [0.2, 0.25) is 0 Å². The molecule has 5 nitrogen and oxygen atoms in total. The molecular formula is C20H18Cl2N4OS. The van der Waals surface area contributed by atoms with Crippen molar-refractivity contribution >= 4 is 52.0 Å². The van der Waals surface area contributed by atoms with Crippen molar-refractivity contribution in [3.63, 3.8) is 0 Å². The highest BCUT2D eigenvalue weighted by atomic mass is 35.5. The van der Waals surface area contributed by atoms with Gasteiger partial charge in [-0.3, -0.25) is 14.8 Å². The molecule has 0 radical (unpaired) electrons. The molecule has 0 bridgehead atoms. The van der Waals surface area contributed by atoms with Crippen LogP contribution in [0.25, 0.3) is 6.08 Å². The number of halogens is 2. The fourth-order valence-electron chi connectivity index (χ4n) is 2.96. The lowest BCUT2D eigenvalue weighted by Crippen LogP contribution is -2.28. The monoisotopic (exact) mass is 432 g/mol. The number of Topliss-reactive ketones (excluding diaryl/α,β-unsaturated/α-hetero) is 1. The summed E-state index contributed by atoms with van der Waals surface area (Å²) in [7, 11) is 0. The molecule has 1 aliphatic rings. The van der Waals surface area contributed by atoms with Crippen molar-refractivity contribution in [3.05, 3.63) is 75.1 Å². The summed E-state index contributed by atoms with van der Waals surface area (Å²) in [6.07, 6.45) is 5.65. The topological polar surface area (TPSA) is 81.2 Å². The predicted octanol–water partition coefficient (Wildman–Crippen LogP) is 4.86. The second-order valence-electron chi connectivity index (χ2n) is 6.60. The Hall–Kier alpha value is -2.15. The van der Waals surface area contributed by atoms with Crippen LogP contribution >= 0.6 is 35.0 Å². The molecule has 0 saturated carbocycles. The Bertz CT molecular complexity index is 984. The molecule has 8 heteroatoms. The van der Waals surface area contributed by atoms with Crippen LogP contribution in [-0.4, -0.2) is 20.9 Å². The van der Waals surface area contributed by atoms with Gasteiger partial charge in [0.15, 0.2) is 11.0 Å². The van der Waals surface area contributed by atoms with Crippen molar-refractivity contribution in [3.8, 4) is 0 Å². The van der Waals surface area contributed by atoms with Gasteiger partial charge in [0.1, 0.15) is 15.7 Å². The lowest BCUT2D eigenvalue weighted by atomic mass is 9.92. The van der Waals surface area contributed by atoms with Crippen molar-refractivity contribution in [2.75, 3.05) is 0 Å². The Kier molecular flexibility index (Phi) is 6.23. The van der Waals surface area contributed by atoms with E-state index in [2.05, 4.69) is 21.5 Å². The summed E-state index contributed by atoms with van der Waals surface area (Å²) >= 11 is 12.6. The molecule has 0 amide bonds. The number of carbonyl (C=O) groups is 1. The lowest BCUT2D eigenvalue weighted by Gasteiger charge is -2.30. The minimum Gasteiger partial charge on any atom is -0.378 e. The lowest BCUT2D eigenvalue weighted by molar-refractivity contribution is 0.0988. The zero-order chi connectivity index (χ0) is 20.3. The quantitative estimate of drug-likeness (QED) is 0.682. The van der Waals surface area contributed by atoms with Crippen molar-refractivity contribution in [1.29, 1.82) is 0 Å². The first-order valence-corrected chi connectivity index (χ1v) is 10.0. The molecule has 0 aromatic carbocycles. The molecule has 28 heavy (non-hydrogen) atoms. The van der Waals surface area contributed by atoms with Gasteiger partial charge in [0.05, 0.1) is 5.69 Å². The van der Waals surface area contributed by atoms with Crippen molar-refractivity contribution in [2.24, 2.45) is 10.7 Å². The fraction of sp³-hybridized carbons (Fsp3) is 0.200. The molecule has 2 aromatic rings. The number of rotatable bonds is 5. The molecule has 2 aromatic heterocycles. The van der Waals surface area contributed by atoms with Gasteiger partial charge in [0, 0.05) is 25.2 Å². The van der Waals surface area contributed by atoms with Gasteiger partial charge in [-0.25, -0.2) is 4.99 Å². The molecule has 3 rings (SSSR count). The second-order valence-corrected chi connectivity index (χ2v) is 8.81. The fourth-order valence-corrected chi connectivity index (χ4v) is 4.11. The molecule has 0 fully saturated rings. The van der Waals surface area contributed by atoms with Crippen LogP contribution in [0.5, 0.6) is 0 Å². The number of nitrogens with two attached hydrogens (primary N) is 1. The first-order chi connectivity index (χ1) is 13.2. The third-order valence-corrected chi connectivity index (χ3v) is 5.19. The molecule has 2 N–H and O–H groups in total. The molecule has 0 unspecified atom stereocenters. The van der Waals surface area contributed by atoms with E-state index in [1.165, 1.54) is 11.8 Å². The summed E-state index contributed by atoms with van der Waals surface area (Å²) in [5.41, 5.74) is 8.02. The van der Waals surface area contributed by atoms with E-state index in [-0.39, 0.29) is 16.7 Å². The third kappa shape index (κ3) is 5.01. The maximum Gasteiger partial charge on any atom is 0.185 e. The van der Waals surface area contributed by atoms with Gasteiger partial charge in [-0.1, -0.05) is 47.6 Å². The summed E-state index contributed by atoms with van der Waals surface area (Å²) in [6.45, 7) is 5.98. The van der Waals surface area contributed by atoms with Gasteiger partial charge >= 0.3 is 0 Å². The number of ketones is 1. The Balaban J connectivity index is 1.79. The largest absolute Gasteiger partial charge is 0.378 e. The van der Waals surface area contributed by atoms with Crippen LogP contribution in [0, 0.1) is 0 Å². The Morgan fingerprint density at radius 1 is 1.36 bits per heavy atom. The standard InChI is InChI=1S/C20H18Cl2N4OS/c1-12-10-20(2,26-19(23)28-12)17-8-13(5-6-24-17)7-16(27)15-4-3-14(11-25-15)9-18(21)22/h3-6,8-9,11H,1,7,10H2,2H3,(H2,23,26)/t20-/m0/s1. The van der Waals surface area contributed by atoms with Crippen LogP contribution in [0.3, 0.4) is 0 Å². The summed E-state index contributed by atoms with van der Waals surface area (Å²) in [6, 6.07) is 7.10. The molecule has 1 aliphatic heterocycles. The molecular weight excluding hydrogens is 415 g/mol. The van der Waals surface area contributed by atoms with Crippen LogP contribution in [-0.2, 0) is 12.0 Å². The summed E-state index contributed by atoms with van der Waals surface area (Å²) in [4.78, 5) is 26.7. The number of aliphatic imine (C=N–C) groups is 1. The number of hydrogen-bond donors (Lipinski definition) is 1. The van der Waals surface area contributed by atoms with E-state index >= 15 is 0 Å². The first-order valence-electron chi connectivity index (χ1n) is 8.43. The smallest absolute Gasteiger partial charge is 0.185 e. The molecule has 1 atom stereocenters. The third-order valence-electron chi connectivity index (χ3n) is 4.24. The van der Waals surface area contributed by atoms with E-state index < -0.39 is 5.54 Å². The average Bonchev–Trinajstić information content (AvgIpc) is 2.61. The number of amidine groups is 1. The number of thioether (sulfide) groups is 1. The second kappa shape index (κ2) is 8.47. The highest BCUT2D eigenvalue weighted by Crippen LogP contribution is 2.39. The minimum atomic E-state index is -0.585. The van der Waals surface area contributed by atoms with Crippen LogP contribution in [0.15, 0.2) is 57.6 Å². The van der Waals surface area contributed by atoms with E-state index in [1.54, 1.807) is 30.6 Å². The predicted molar refractivity (Wildman–Crippen MR) is 117 cm³/mol. The highest BCUT2D eigenvalue weighted by molar-refractivity contribution is 8.17. The van der Waals surface area contributed by atoms with Gasteiger partial charge in [-0.15, -0.1) is 0 Å². The van der Waals surface area contributed by atoms with Crippen molar-refractivity contribution in [1.82, 2.24) is 9.97 Å². The van der Waals surface area contributed by atoms with Crippen LogP contribution < -0.4 is 5.73 Å². The maximum atomic E-state index is 12.6. The van der Waals surface area contributed by atoms with E-state index in [1.807, 2.05) is 19.1 Å². The molecule has 0 saturated heterocycles. The molecule has 0 aliphatic carbocycles. The number of nitrogens with zero attached hydrogens (tertiary/aromatic N) is 3. The van der Waals surface area contributed by atoms with Crippen molar-refractivity contribution < 1.29 is 4.79 Å². The minimum absolute atomic E-state index is 0.0959. The zero-order valence-corrected chi connectivity index (χ0v) is 17.5. The molecule has 144 valence electrons. The summed E-state index contributed by atoms with van der Waals surface area (Å²) in [5, 5.41) is 0.470. The highest BCUT2D eigenvalue weighted by Gasteiger charge is 2.32. The van der Waals surface area contributed by atoms with Crippen LogP contribution in [0.1, 0.15) is 40.7 Å². The Morgan fingerprint density at radius 2 is 2.14 bits per heavy atom. The van der Waals surface area contributed by atoms with Gasteiger partial charge < -0.3 is 5.73 Å². The number of hydrogen-bond acceptors (Lipinski definition) is 6. The number of pyridine rings is 2. The molecule has 3 heterocycles. The van der Waals surface area contributed by atoms with E-state index in [0.29, 0.717) is 17.3 Å². The Labute approximate surface area is 177 Å². The van der Waals surface area contributed by atoms with Gasteiger partial charge in [0.25, 0.3) is 0 Å².